The molecule has 2 heterocycles. The van der Waals surface area contributed by atoms with Crippen LogP contribution in [0.1, 0.15) is 32.6 Å². The quantitative estimate of drug-likeness (QED) is 0.871. The second kappa shape index (κ2) is 4.55. The molecule has 0 aliphatic carbocycles. The van der Waals surface area contributed by atoms with Crippen molar-refractivity contribution < 1.29 is 8.42 Å². The summed E-state index contributed by atoms with van der Waals surface area (Å²) in [6.45, 7) is 2.67. The average Bonchev–Trinajstić information content (AvgIpc) is 2.83. The van der Waals surface area contributed by atoms with E-state index in [2.05, 4.69) is 10.2 Å². The van der Waals surface area contributed by atoms with Gasteiger partial charge in [0, 0.05) is 18.8 Å². The van der Waals surface area contributed by atoms with E-state index in [-0.39, 0.29) is 10.9 Å². The van der Waals surface area contributed by atoms with Crippen molar-refractivity contribution in [2.24, 2.45) is 0 Å². The lowest BCUT2D eigenvalue weighted by molar-refractivity contribution is 0.246. The lowest BCUT2D eigenvalue weighted by Gasteiger charge is -2.33. The minimum Gasteiger partial charge on any atom is -0.284 e. The van der Waals surface area contributed by atoms with Gasteiger partial charge < -0.3 is 0 Å². The topological polar surface area (TPSA) is 66.1 Å². The van der Waals surface area contributed by atoms with E-state index in [4.69, 9.17) is 0 Å². The zero-order valence-electron chi connectivity index (χ0n) is 9.39. The van der Waals surface area contributed by atoms with E-state index in [9.17, 15) is 8.42 Å². The lowest BCUT2D eigenvalue weighted by Crippen LogP contribution is -2.43. The molecule has 90 valence electrons. The number of hydrogen-bond acceptors (Lipinski definition) is 3. The van der Waals surface area contributed by atoms with Crippen molar-refractivity contribution in [1.82, 2.24) is 14.5 Å². The molecule has 1 aromatic heterocycles. The number of piperidine rings is 1. The fourth-order valence-corrected chi connectivity index (χ4v) is 3.89. The molecule has 5 nitrogen and oxygen atoms in total. The third-order valence-corrected chi connectivity index (χ3v) is 5.04. The van der Waals surface area contributed by atoms with Gasteiger partial charge in [-0.1, -0.05) is 13.3 Å². The van der Waals surface area contributed by atoms with Gasteiger partial charge in [0.05, 0.1) is 6.20 Å². The molecule has 0 aromatic carbocycles. The molecule has 1 saturated heterocycles. The number of aromatic nitrogens is 2. The van der Waals surface area contributed by atoms with E-state index >= 15 is 0 Å². The van der Waals surface area contributed by atoms with Crippen molar-refractivity contribution in [3.8, 4) is 0 Å². The van der Waals surface area contributed by atoms with Gasteiger partial charge in [0.1, 0.15) is 4.90 Å². The molecular formula is C10H17N3O2S. The molecule has 1 aromatic rings. The first kappa shape index (κ1) is 11.6. The third-order valence-electron chi connectivity index (χ3n) is 3.12. The van der Waals surface area contributed by atoms with E-state index in [1.54, 1.807) is 4.31 Å². The average molecular weight is 243 g/mol. The van der Waals surface area contributed by atoms with Gasteiger partial charge in [-0.2, -0.15) is 9.40 Å². The first-order valence-electron chi connectivity index (χ1n) is 5.67. The van der Waals surface area contributed by atoms with Gasteiger partial charge in [-0.05, 0) is 19.3 Å². The Balaban J connectivity index is 2.28. The normalized spacial score (nSPS) is 23.4. The largest absolute Gasteiger partial charge is 0.284 e. The number of nitrogens with zero attached hydrogens (tertiary/aromatic N) is 2. The first-order chi connectivity index (χ1) is 7.66. The molecule has 0 bridgehead atoms. The molecule has 1 unspecified atom stereocenters. The number of rotatable bonds is 3. The van der Waals surface area contributed by atoms with E-state index in [1.165, 1.54) is 12.4 Å². The maximum absolute atomic E-state index is 12.3. The van der Waals surface area contributed by atoms with E-state index < -0.39 is 10.0 Å². The Morgan fingerprint density at radius 2 is 2.38 bits per heavy atom. The van der Waals surface area contributed by atoms with Crippen LogP contribution in [0.2, 0.25) is 0 Å². The van der Waals surface area contributed by atoms with Gasteiger partial charge in [0.15, 0.2) is 0 Å². The predicted molar refractivity (Wildman–Crippen MR) is 60.4 cm³/mol. The van der Waals surface area contributed by atoms with Crippen LogP contribution in [0.15, 0.2) is 17.3 Å². The lowest BCUT2D eigenvalue weighted by atomic mass is 10.0. The van der Waals surface area contributed by atoms with Gasteiger partial charge in [-0.25, -0.2) is 8.42 Å². The van der Waals surface area contributed by atoms with Crippen LogP contribution < -0.4 is 0 Å². The molecule has 1 aliphatic rings. The number of hydrogen-bond donors (Lipinski definition) is 1. The summed E-state index contributed by atoms with van der Waals surface area (Å²) in [5.74, 6) is 0. The second-order valence-corrected chi connectivity index (χ2v) is 6.00. The molecule has 0 saturated carbocycles. The Hall–Kier alpha value is -0.880. The summed E-state index contributed by atoms with van der Waals surface area (Å²) in [6, 6.07) is 0.147. The van der Waals surface area contributed by atoms with Crippen molar-refractivity contribution in [3.05, 3.63) is 12.4 Å². The highest BCUT2D eigenvalue weighted by Gasteiger charge is 2.32. The van der Waals surface area contributed by atoms with Crippen LogP contribution in [-0.4, -0.2) is 35.5 Å². The minimum absolute atomic E-state index is 0.147. The van der Waals surface area contributed by atoms with Crippen molar-refractivity contribution >= 4 is 10.0 Å². The standard InChI is InChI=1S/C10H17N3O2S/c1-2-9-5-3-4-6-13(9)16(14,15)10-7-11-12-8-10/h7-9H,2-6H2,1H3,(H,11,12). The zero-order chi connectivity index (χ0) is 11.6. The molecule has 16 heavy (non-hydrogen) atoms. The third kappa shape index (κ3) is 1.99. The molecule has 0 amide bonds. The second-order valence-electron chi connectivity index (χ2n) is 4.11. The molecule has 2 rings (SSSR count). The fraction of sp³-hybridized carbons (Fsp3) is 0.700. The summed E-state index contributed by atoms with van der Waals surface area (Å²) in [4.78, 5) is 0.271. The molecular weight excluding hydrogens is 226 g/mol. The van der Waals surface area contributed by atoms with Crippen molar-refractivity contribution in [2.75, 3.05) is 6.54 Å². The molecule has 6 heteroatoms. The predicted octanol–water partition coefficient (Wildman–Crippen LogP) is 1.36. The molecule has 1 N–H and O–H groups in total. The fourth-order valence-electron chi connectivity index (χ4n) is 2.21. The van der Waals surface area contributed by atoms with Crippen LogP contribution in [0, 0.1) is 0 Å². The number of H-pyrrole nitrogens is 1. The zero-order valence-corrected chi connectivity index (χ0v) is 10.2. The summed E-state index contributed by atoms with van der Waals surface area (Å²) in [5, 5.41) is 6.26. The Morgan fingerprint density at radius 1 is 1.56 bits per heavy atom. The van der Waals surface area contributed by atoms with Crippen molar-refractivity contribution in [2.45, 2.75) is 43.5 Å². The highest BCUT2D eigenvalue weighted by Crippen LogP contribution is 2.26. The molecule has 0 spiro atoms. The van der Waals surface area contributed by atoms with Gasteiger partial charge in [-0.3, -0.25) is 5.10 Å². The van der Waals surface area contributed by atoms with Crippen LogP contribution in [-0.2, 0) is 10.0 Å². The highest BCUT2D eigenvalue weighted by atomic mass is 32.2. The smallest absolute Gasteiger partial charge is 0.246 e. The number of aromatic amines is 1. The summed E-state index contributed by atoms with van der Waals surface area (Å²) < 4.78 is 26.2. The van der Waals surface area contributed by atoms with Crippen LogP contribution in [0.5, 0.6) is 0 Å². The van der Waals surface area contributed by atoms with Crippen LogP contribution in [0.3, 0.4) is 0 Å². The monoisotopic (exact) mass is 243 g/mol. The summed E-state index contributed by atoms with van der Waals surface area (Å²) in [7, 11) is -3.34. The Kier molecular flexibility index (Phi) is 3.30. The Bertz CT molecular complexity index is 427. The first-order valence-corrected chi connectivity index (χ1v) is 7.11. The molecule has 1 fully saturated rings. The number of sulfonamides is 1. The van der Waals surface area contributed by atoms with Gasteiger partial charge in [0.2, 0.25) is 10.0 Å². The van der Waals surface area contributed by atoms with E-state index in [0.29, 0.717) is 6.54 Å². The van der Waals surface area contributed by atoms with E-state index in [1.807, 2.05) is 6.92 Å². The van der Waals surface area contributed by atoms with Gasteiger partial charge >= 0.3 is 0 Å². The Labute approximate surface area is 95.9 Å². The van der Waals surface area contributed by atoms with Crippen LogP contribution >= 0.6 is 0 Å². The Morgan fingerprint density at radius 3 is 3.00 bits per heavy atom. The SMILES string of the molecule is CCC1CCCCN1S(=O)(=O)c1cn[nH]c1. The van der Waals surface area contributed by atoms with Crippen molar-refractivity contribution in [3.63, 3.8) is 0 Å². The molecule has 1 atom stereocenters. The maximum atomic E-state index is 12.3. The van der Waals surface area contributed by atoms with E-state index in [0.717, 1.165) is 25.7 Å². The van der Waals surface area contributed by atoms with Crippen LogP contribution in [0.25, 0.3) is 0 Å². The van der Waals surface area contributed by atoms with Gasteiger partial charge in [0.25, 0.3) is 0 Å². The van der Waals surface area contributed by atoms with Crippen molar-refractivity contribution in [1.29, 1.82) is 0 Å². The number of nitrogens with one attached hydrogen (secondary N) is 1. The maximum Gasteiger partial charge on any atom is 0.246 e. The molecule has 1 aliphatic heterocycles. The summed E-state index contributed by atoms with van der Waals surface area (Å²) in [5.41, 5.74) is 0. The summed E-state index contributed by atoms with van der Waals surface area (Å²) >= 11 is 0. The summed E-state index contributed by atoms with van der Waals surface area (Å²) in [6.07, 6.45) is 6.72. The highest BCUT2D eigenvalue weighted by molar-refractivity contribution is 7.89. The minimum atomic E-state index is -3.34. The van der Waals surface area contributed by atoms with Gasteiger partial charge in [-0.15, -0.1) is 0 Å². The van der Waals surface area contributed by atoms with Crippen LogP contribution in [0.4, 0.5) is 0 Å². The molecule has 0 radical (unpaired) electrons.